The highest BCUT2D eigenvalue weighted by molar-refractivity contribution is 6.32. The number of halogens is 1. The minimum atomic E-state index is -1.20. The minimum Gasteiger partial charge on any atom is -0.493 e. The third-order valence-electron chi connectivity index (χ3n) is 3.45. The van der Waals surface area contributed by atoms with Gasteiger partial charge in [-0.3, -0.25) is 4.79 Å². The molecule has 0 fully saturated rings. The Morgan fingerprint density at radius 2 is 1.73 bits per heavy atom. The number of carboxylic acids is 1. The fourth-order valence-corrected chi connectivity index (χ4v) is 2.38. The summed E-state index contributed by atoms with van der Waals surface area (Å²) in [5, 5.41) is 12.3. The molecule has 2 aromatic rings. The number of para-hydroxylation sites is 1. The Bertz CT molecular complexity index is 808. The summed E-state index contributed by atoms with van der Waals surface area (Å²) in [4.78, 5) is 23.5. The maximum atomic E-state index is 12.1. The lowest BCUT2D eigenvalue weighted by Crippen LogP contribution is -2.17. The van der Waals surface area contributed by atoms with Gasteiger partial charge >= 0.3 is 5.97 Å². The molecule has 0 unspecified atom stereocenters. The normalized spacial score (nSPS) is 10.1. The van der Waals surface area contributed by atoms with E-state index in [1.807, 2.05) is 0 Å². The van der Waals surface area contributed by atoms with Crippen molar-refractivity contribution in [2.45, 2.75) is 6.42 Å². The first-order chi connectivity index (χ1) is 12.5. The summed E-state index contributed by atoms with van der Waals surface area (Å²) in [6.07, 6.45) is 0.0125. The Balaban J connectivity index is 2.05. The van der Waals surface area contributed by atoms with Gasteiger partial charge in [0.15, 0.2) is 11.5 Å². The molecule has 0 atom stereocenters. The first-order valence-corrected chi connectivity index (χ1v) is 8.00. The molecule has 0 radical (unpaired) electrons. The predicted molar refractivity (Wildman–Crippen MR) is 96.7 cm³/mol. The number of aromatic carboxylic acids is 1. The van der Waals surface area contributed by atoms with Gasteiger partial charge in [-0.2, -0.15) is 0 Å². The van der Waals surface area contributed by atoms with Gasteiger partial charge in [0.1, 0.15) is 5.75 Å². The number of amides is 1. The summed E-state index contributed by atoms with van der Waals surface area (Å²) in [6.45, 7) is 0.0886. The standard InChI is InChI=1S/C18H18ClNO6/c1-24-15-9-11(18(22)23)13(10-16(15)25-2)20-17(21)7-8-26-14-6-4-3-5-12(14)19/h3-6,9-10H,7-8H2,1-2H3,(H,20,21)(H,22,23). The Morgan fingerprint density at radius 1 is 1.08 bits per heavy atom. The number of nitrogens with one attached hydrogen (secondary N) is 1. The number of hydrogen-bond donors (Lipinski definition) is 2. The van der Waals surface area contributed by atoms with Gasteiger partial charge in [-0.15, -0.1) is 0 Å². The molecule has 138 valence electrons. The molecule has 26 heavy (non-hydrogen) atoms. The zero-order chi connectivity index (χ0) is 19.1. The van der Waals surface area contributed by atoms with Crippen molar-refractivity contribution in [1.29, 1.82) is 0 Å². The lowest BCUT2D eigenvalue weighted by atomic mass is 10.1. The number of hydrogen-bond acceptors (Lipinski definition) is 5. The van der Waals surface area contributed by atoms with Crippen molar-refractivity contribution in [3.05, 3.63) is 47.0 Å². The fourth-order valence-electron chi connectivity index (χ4n) is 2.19. The van der Waals surface area contributed by atoms with Crippen LogP contribution in [0, 0.1) is 0 Å². The van der Waals surface area contributed by atoms with E-state index in [0.717, 1.165) is 0 Å². The molecule has 0 aromatic heterocycles. The largest absolute Gasteiger partial charge is 0.493 e. The van der Waals surface area contributed by atoms with Gasteiger partial charge in [0.25, 0.3) is 0 Å². The van der Waals surface area contributed by atoms with Gasteiger partial charge in [0.05, 0.1) is 43.5 Å². The van der Waals surface area contributed by atoms with E-state index in [1.165, 1.54) is 26.4 Å². The van der Waals surface area contributed by atoms with Gasteiger partial charge in [0, 0.05) is 12.1 Å². The monoisotopic (exact) mass is 379 g/mol. The third-order valence-corrected chi connectivity index (χ3v) is 3.76. The van der Waals surface area contributed by atoms with Crippen LogP contribution in [0.15, 0.2) is 36.4 Å². The number of ether oxygens (including phenoxy) is 3. The number of carboxylic acid groups (broad SMARTS) is 1. The van der Waals surface area contributed by atoms with Crippen molar-refractivity contribution in [3.63, 3.8) is 0 Å². The molecule has 0 bridgehead atoms. The first kappa shape index (κ1) is 19.4. The van der Waals surface area contributed by atoms with Crippen LogP contribution in [0.2, 0.25) is 5.02 Å². The van der Waals surface area contributed by atoms with Crippen LogP contribution in [0.1, 0.15) is 16.8 Å². The number of methoxy groups -OCH3 is 2. The van der Waals surface area contributed by atoms with Crippen molar-refractivity contribution >= 4 is 29.2 Å². The number of benzene rings is 2. The highest BCUT2D eigenvalue weighted by atomic mass is 35.5. The average Bonchev–Trinajstić information content (AvgIpc) is 2.62. The van der Waals surface area contributed by atoms with E-state index in [2.05, 4.69) is 5.32 Å². The summed E-state index contributed by atoms with van der Waals surface area (Å²) in [6, 6.07) is 9.60. The Kier molecular flexibility index (Phi) is 6.68. The van der Waals surface area contributed by atoms with Gasteiger partial charge in [-0.05, 0) is 12.1 Å². The van der Waals surface area contributed by atoms with Crippen molar-refractivity contribution in [2.75, 3.05) is 26.1 Å². The molecule has 0 aliphatic carbocycles. The number of carbonyl (C=O) groups excluding carboxylic acids is 1. The van der Waals surface area contributed by atoms with Crippen LogP contribution in [0.5, 0.6) is 17.2 Å². The van der Waals surface area contributed by atoms with Crippen LogP contribution in [0.25, 0.3) is 0 Å². The summed E-state index contributed by atoms with van der Waals surface area (Å²) in [5.74, 6) is -0.579. The molecule has 0 saturated carbocycles. The highest BCUT2D eigenvalue weighted by Gasteiger charge is 2.18. The van der Waals surface area contributed by atoms with Crippen molar-refractivity contribution in [1.82, 2.24) is 0 Å². The first-order valence-electron chi connectivity index (χ1n) is 7.62. The second-order valence-corrected chi connectivity index (χ2v) is 5.54. The van der Waals surface area contributed by atoms with E-state index >= 15 is 0 Å². The topological polar surface area (TPSA) is 94.1 Å². The summed E-state index contributed by atoms with van der Waals surface area (Å²) in [5.41, 5.74) is 0.000848. The molecule has 7 nitrogen and oxygen atoms in total. The molecule has 0 saturated heterocycles. The van der Waals surface area contributed by atoms with Crippen molar-refractivity contribution < 1.29 is 28.9 Å². The fraction of sp³-hybridized carbons (Fsp3) is 0.222. The van der Waals surface area contributed by atoms with E-state index in [-0.39, 0.29) is 30.0 Å². The molecular formula is C18H18ClNO6. The van der Waals surface area contributed by atoms with Crippen molar-refractivity contribution in [2.24, 2.45) is 0 Å². The third kappa shape index (κ3) is 4.80. The SMILES string of the molecule is COc1cc(NC(=O)CCOc2ccccc2Cl)c(C(=O)O)cc1OC. The smallest absolute Gasteiger partial charge is 0.337 e. The lowest BCUT2D eigenvalue weighted by molar-refractivity contribution is -0.116. The second kappa shape index (κ2) is 8.96. The summed E-state index contributed by atoms with van der Waals surface area (Å²) < 4.78 is 15.7. The molecule has 0 spiro atoms. The number of carbonyl (C=O) groups is 2. The highest BCUT2D eigenvalue weighted by Crippen LogP contribution is 2.33. The number of anilines is 1. The molecule has 0 aliphatic heterocycles. The van der Waals surface area contributed by atoms with Crippen LogP contribution in [-0.2, 0) is 4.79 Å². The van der Waals surface area contributed by atoms with Crippen LogP contribution in [0.3, 0.4) is 0 Å². The molecule has 2 N–H and O–H groups in total. The second-order valence-electron chi connectivity index (χ2n) is 5.13. The molecule has 8 heteroatoms. The van der Waals surface area contributed by atoms with E-state index in [9.17, 15) is 14.7 Å². The predicted octanol–water partition coefficient (Wildman–Crippen LogP) is 3.46. The lowest BCUT2D eigenvalue weighted by Gasteiger charge is -2.14. The van der Waals surface area contributed by atoms with Gasteiger partial charge in [-0.1, -0.05) is 23.7 Å². The number of rotatable bonds is 8. The van der Waals surface area contributed by atoms with Crippen LogP contribution in [-0.4, -0.2) is 37.8 Å². The Morgan fingerprint density at radius 3 is 2.35 bits per heavy atom. The van der Waals surface area contributed by atoms with E-state index in [0.29, 0.717) is 16.5 Å². The van der Waals surface area contributed by atoms with E-state index in [4.69, 9.17) is 25.8 Å². The molecule has 0 heterocycles. The Hall–Kier alpha value is -2.93. The maximum absolute atomic E-state index is 12.1. The van der Waals surface area contributed by atoms with E-state index in [1.54, 1.807) is 24.3 Å². The summed E-state index contributed by atoms with van der Waals surface area (Å²) >= 11 is 5.97. The minimum absolute atomic E-state index is 0.0125. The Labute approximate surface area is 155 Å². The molecule has 0 aliphatic rings. The molecule has 2 rings (SSSR count). The zero-order valence-electron chi connectivity index (χ0n) is 14.2. The summed E-state index contributed by atoms with van der Waals surface area (Å²) in [7, 11) is 2.81. The molecular weight excluding hydrogens is 362 g/mol. The van der Waals surface area contributed by atoms with E-state index < -0.39 is 11.9 Å². The molecule has 2 aromatic carbocycles. The van der Waals surface area contributed by atoms with Crippen LogP contribution < -0.4 is 19.5 Å². The van der Waals surface area contributed by atoms with Gasteiger partial charge < -0.3 is 24.6 Å². The van der Waals surface area contributed by atoms with Gasteiger partial charge in [-0.25, -0.2) is 4.79 Å². The van der Waals surface area contributed by atoms with Crippen LogP contribution >= 0.6 is 11.6 Å². The molecule has 1 amide bonds. The quantitative estimate of drug-likeness (QED) is 0.729. The van der Waals surface area contributed by atoms with Crippen LogP contribution in [0.4, 0.5) is 5.69 Å². The maximum Gasteiger partial charge on any atom is 0.337 e. The average molecular weight is 380 g/mol. The zero-order valence-corrected chi connectivity index (χ0v) is 15.0. The van der Waals surface area contributed by atoms with Crippen molar-refractivity contribution in [3.8, 4) is 17.2 Å². The van der Waals surface area contributed by atoms with Gasteiger partial charge in [0.2, 0.25) is 5.91 Å².